The zero-order valence-corrected chi connectivity index (χ0v) is 19.3. The van der Waals surface area contributed by atoms with Gasteiger partial charge in [-0.1, -0.05) is 0 Å². The van der Waals surface area contributed by atoms with Crippen molar-refractivity contribution in [2.45, 2.75) is 58.9 Å². The van der Waals surface area contributed by atoms with Crippen LogP contribution >= 0.6 is 11.3 Å². The van der Waals surface area contributed by atoms with E-state index in [-0.39, 0.29) is 0 Å². The molecule has 4 nitrogen and oxygen atoms in total. The van der Waals surface area contributed by atoms with Crippen molar-refractivity contribution in [1.82, 2.24) is 9.62 Å². The van der Waals surface area contributed by atoms with Gasteiger partial charge in [0.25, 0.3) is 0 Å². The second-order valence-corrected chi connectivity index (χ2v) is 10.6. The zero-order chi connectivity index (χ0) is 20.5. The number of likely N-dealkylation sites (tertiary alicyclic amines) is 1. The summed E-state index contributed by atoms with van der Waals surface area (Å²) in [7, 11) is -3.50. The second kappa shape index (κ2) is 8.66. The lowest BCUT2D eigenvalue weighted by atomic mass is 9.95. The Bertz CT molecular complexity index is 897. The Hall–Kier alpha value is -1.21. The normalized spacial score (nSPS) is 16.6. The zero-order valence-electron chi connectivity index (χ0n) is 17.6. The molecule has 0 spiro atoms. The van der Waals surface area contributed by atoms with Gasteiger partial charge in [-0.3, -0.25) is 4.90 Å². The monoisotopic (exact) mass is 420 g/mol. The first-order valence-electron chi connectivity index (χ1n) is 10.0. The topological polar surface area (TPSA) is 49.4 Å². The molecule has 154 valence electrons. The first-order valence-corrected chi connectivity index (χ1v) is 12.4. The minimum absolute atomic E-state index is 0.404. The van der Waals surface area contributed by atoms with Crippen LogP contribution in [0.15, 0.2) is 21.7 Å². The van der Waals surface area contributed by atoms with Crippen LogP contribution in [0.4, 0.5) is 0 Å². The van der Waals surface area contributed by atoms with Crippen molar-refractivity contribution < 1.29 is 8.42 Å². The van der Waals surface area contributed by atoms with Crippen LogP contribution in [-0.4, -0.2) is 33.0 Å². The van der Waals surface area contributed by atoms with Gasteiger partial charge in [-0.05, 0) is 117 Å². The summed E-state index contributed by atoms with van der Waals surface area (Å²) in [6.45, 7) is 13.5. The van der Waals surface area contributed by atoms with Crippen molar-refractivity contribution in [1.29, 1.82) is 0 Å². The summed E-state index contributed by atoms with van der Waals surface area (Å²) in [6, 6.07) is 2.18. The molecule has 0 bridgehead atoms. The minimum atomic E-state index is -3.50. The predicted molar refractivity (Wildman–Crippen MR) is 118 cm³/mol. The molecule has 0 radical (unpaired) electrons. The third-order valence-electron chi connectivity index (χ3n) is 6.46. The highest BCUT2D eigenvalue weighted by Crippen LogP contribution is 2.29. The lowest BCUT2D eigenvalue weighted by Crippen LogP contribution is -2.38. The van der Waals surface area contributed by atoms with E-state index in [4.69, 9.17) is 0 Å². The predicted octanol–water partition coefficient (Wildman–Crippen LogP) is 4.48. The maximum atomic E-state index is 13.1. The molecule has 1 N–H and O–H groups in total. The Morgan fingerprint density at radius 3 is 2.11 bits per heavy atom. The fraction of sp³-hybridized carbons (Fsp3) is 0.545. The number of rotatable bonds is 6. The number of hydrogen-bond donors (Lipinski definition) is 1. The van der Waals surface area contributed by atoms with Gasteiger partial charge in [0.2, 0.25) is 10.0 Å². The van der Waals surface area contributed by atoms with Gasteiger partial charge in [-0.15, -0.1) is 0 Å². The van der Waals surface area contributed by atoms with E-state index < -0.39 is 10.0 Å². The van der Waals surface area contributed by atoms with Crippen LogP contribution in [0.25, 0.3) is 0 Å². The first kappa shape index (κ1) is 21.5. The summed E-state index contributed by atoms with van der Waals surface area (Å²) in [5, 5.41) is 4.33. The molecule has 1 saturated heterocycles. The molecule has 3 rings (SSSR count). The molecular weight excluding hydrogens is 388 g/mol. The molecule has 1 aromatic heterocycles. The Morgan fingerprint density at radius 2 is 1.57 bits per heavy atom. The standard InChI is InChI=1S/C22H32N2O2S2/c1-15-16(2)18(4)22(19(5)17(15)3)28(25,26)23-12-20-6-9-24(10-7-20)13-21-8-11-27-14-21/h8,11,14,20,23H,6-7,9-10,12-13H2,1-5H3. The average molecular weight is 421 g/mol. The fourth-order valence-corrected chi connectivity index (χ4v) is 6.53. The Balaban J connectivity index is 1.62. The second-order valence-electron chi connectivity index (χ2n) is 8.16. The smallest absolute Gasteiger partial charge is 0.241 e. The summed E-state index contributed by atoms with van der Waals surface area (Å²) < 4.78 is 29.1. The number of hydrogen-bond acceptors (Lipinski definition) is 4. The summed E-state index contributed by atoms with van der Waals surface area (Å²) in [4.78, 5) is 2.94. The highest BCUT2D eigenvalue weighted by molar-refractivity contribution is 7.89. The van der Waals surface area contributed by atoms with Crippen molar-refractivity contribution in [3.8, 4) is 0 Å². The number of nitrogens with one attached hydrogen (secondary N) is 1. The maximum Gasteiger partial charge on any atom is 0.241 e. The number of sulfonamides is 1. The summed E-state index contributed by atoms with van der Waals surface area (Å²) in [5.41, 5.74) is 6.46. The molecule has 1 aliphatic heterocycles. The van der Waals surface area contributed by atoms with E-state index in [0.29, 0.717) is 17.4 Å². The average Bonchev–Trinajstić information content (AvgIpc) is 3.17. The van der Waals surface area contributed by atoms with Crippen molar-refractivity contribution in [3.63, 3.8) is 0 Å². The largest absolute Gasteiger partial charge is 0.299 e. The van der Waals surface area contributed by atoms with Crippen LogP contribution in [-0.2, 0) is 16.6 Å². The van der Waals surface area contributed by atoms with Gasteiger partial charge in [0, 0.05) is 13.1 Å². The van der Waals surface area contributed by atoms with E-state index in [1.807, 2.05) is 27.7 Å². The van der Waals surface area contributed by atoms with Crippen LogP contribution in [0.5, 0.6) is 0 Å². The van der Waals surface area contributed by atoms with Crippen molar-refractivity contribution in [3.05, 3.63) is 50.2 Å². The lowest BCUT2D eigenvalue weighted by Gasteiger charge is -2.32. The minimum Gasteiger partial charge on any atom is -0.299 e. The Labute approximate surface area is 174 Å². The molecule has 2 aromatic rings. The molecule has 28 heavy (non-hydrogen) atoms. The van der Waals surface area contributed by atoms with Gasteiger partial charge >= 0.3 is 0 Å². The van der Waals surface area contributed by atoms with Gasteiger partial charge in [0.15, 0.2) is 0 Å². The van der Waals surface area contributed by atoms with E-state index in [0.717, 1.165) is 54.7 Å². The highest BCUT2D eigenvalue weighted by atomic mass is 32.2. The third-order valence-corrected chi connectivity index (χ3v) is 8.88. The molecule has 6 heteroatoms. The maximum absolute atomic E-state index is 13.1. The molecule has 1 fully saturated rings. The fourth-order valence-electron chi connectivity index (χ4n) is 4.16. The molecule has 0 atom stereocenters. The molecular formula is C22H32N2O2S2. The molecule has 0 amide bonds. The first-order chi connectivity index (χ1) is 13.2. The van der Waals surface area contributed by atoms with Crippen molar-refractivity contribution in [2.75, 3.05) is 19.6 Å². The van der Waals surface area contributed by atoms with Crippen molar-refractivity contribution >= 4 is 21.4 Å². The van der Waals surface area contributed by atoms with Crippen LogP contribution in [0.1, 0.15) is 46.2 Å². The molecule has 2 heterocycles. The Kier molecular flexibility index (Phi) is 6.65. The van der Waals surface area contributed by atoms with Gasteiger partial charge in [0.1, 0.15) is 0 Å². The van der Waals surface area contributed by atoms with Gasteiger partial charge < -0.3 is 0 Å². The van der Waals surface area contributed by atoms with Crippen LogP contribution < -0.4 is 4.72 Å². The number of benzene rings is 1. The molecule has 0 unspecified atom stereocenters. The quantitative estimate of drug-likeness (QED) is 0.749. The third kappa shape index (κ3) is 4.51. The molecule has 0 saturated carbocycles. The van der Waals surface area contributed by atoms with Crippen LogP contribution in [0, 0.1) is 40.5 Å². The van der Waals surface area contributed by atoms with E-state index in [2.05, 4.69) is 33.4 Å². The van der Waals surface area contributed by atoms with E-state index in [9.17, 15) is 8.42 Å². The summed E-state index contributed by atoms with van der Waals surface area (Å²) in [6.07, 6.45) is 2.08. The number of nitrogens with zero attached hydrogens (tertiary/aromatic N) is 1. The molecule has 1 aliphatic rings. The van der Waals surface area contributed by atoms with E-state index in [1.165, 1.54) is 11.1 Å². The Morgan fingerprint density at radius 1 is 1.00 bits per heavy atom. The number of piperidine rings is 1. The van der Waals surface area contributed by atoms with Gasteiger partial charge in [-0.25, -0.2) is 13.1 Å². The van der Waals surface area contributed by atoms with E-state index >= 15 is 0 Å². The van der Waals surface area contributed by atoms with Gasteiger partial charge in [0.05, 0.1) is 4.90 Å². The van der Waals surface area contributed by atoms with Gasteiger partial charge in [-0.2, -0.15) is 11.3 Å². The summed E-state index contributed by atoms with van der Waals surface area (Å²) >= 11 is 1.74. The molecule has 0 aliphatic carbocycles. The van der Waals surface area contributed by atoms with Crippen LogP contribution in [0.3, 0.4) is 0 Å². The SMILES string of the molecule is Cc1c(C)c(C)c(S(=O)(=O)NCC2CCN(Cc3ccsc3)CC2)c(C)c1C. The molecule has 1 aromatic carbocycles. The highest BCUT2D eigenvalue weighted by Gasteiger charge is 2.26. The van der Waals surface area contributed by atoms with Crippen LogP contribution in [0.2, 0.25) is 0 Å². The lowest BCUT2D eigenvalue weighted by molar-refractivity contribution is 0.179. The van der Waals surface area contributed by atoms with E-state index in [1.54, 1.807) is 11.3 Å². The van der Waals surface area contributed by atoms with Crippen molar-refractivity contribution in [2.24, 2.45) is 5.92 Å². The summed E-state index contributed by atoms with van der Waals surface area (Å²) in [5.74, 6) is 0.404. The number of thiophene rings is 1.